The van der Waals surface area contributed by atoms with E-state index < -0.39 is 5.82 Å². The SMILES string of the molecule is Cc1cc(Cl)c(F)cc1-c1c(C=NC(C)C)nc2cccnn12. The van der Waals surface area contributed by atoms with Gasteiger partial charge in [0.15, 0.2) is 5.65 Å². The molecular weight excluding hydrogens is 315 g/mol. The van der Waals surface area contributed by atoms with Crippen molar-refractivity contribution in [2.24, 2.45) is 4.99 Å². The van der Waals surface area contributed by atoms with Crippen LogP contribution in [0.4, 0.5) is 4.39 Å². The van der Waals surface area contributed by atoms with Crippen LogP contribution in [0.15, 0.2) is 35.5 Å². The normalized spacial score (nSPS) is 11.9. The maximum Gasteiger partial charge on any atom is 0.154 e. The molecule has 0 N–H and O–H groups in total. The molecule has 0 spiro atoms. The van der Waals surface area contributed by atoms with Crippen LogP contribution in [-0.2, 0) is 0 Å². The molecule has 0 aliphatic heterocycles. The largest absolute Gasteiger partial charge is 0.288 e. The minimum absolute atomic E-state index is 0.102. The van der Waals surface area contributed by atoms with Gasteiger partial charge in [-0.3, -0.25) is 4.99 Å². The highest BCUT2D eigenvalue weighted by molar-refractivity contribution is 6.30. The monoisotopic (exact) mass is 330 g/mol. The van der Waals surface area contributed by atoms with Crippen molar-refractivity contribution >= 4 is 23.5 Å². The molecule has 0 radical (unpaired) electrons. The predicted molar refractivity (Wildman–Crippen MR) is 90.9 cm³/mol. The Bertz CT molecular complexity index is 899. The molecule has 0 amide bonds. The van der Waals surface area contributed by atoms with Gasteiger partial charge in [0, 0.05) is 24.0 Å². The van der Waals surface area contributed by atoms with Crippen LogP contribution in [0.5, 0.6) is 0 Å². The van der Waals surface area contributed by atoms with Gasteiger partial charge in [0.2, 0.25) is 0 Å². The molecule has 118 valence electrons. The van der Waals surface area contributed by atoms with E-state index in [4.69, 9.17) is 11.6 Å². The molecule has 4 nitrogen and oxygen atoms in total. The average molecular weight is 331 g/mol. The van der Waals surface area contributed by atoms with Crippen molar-refractivity contribution in [1.82, 2.24) is 14.6 Å². The van der Waals surface area contributed by atoms with Crippen molar-refractivity contribution in [2.75, 3.05) is 0 Å². The molecule has 0 fully saturated rings. The minimum atomic E-state index is -0.468. The maximum atomic E-state index is 14.0. The number of aromatic nitrogens is 3. The number of benzene rings is 1. The zero-order valence-corrected chi connectivity index (χ0v) is 13.8. The summed E-state index contributed by atoms with van der Waals surface area (Å²) in [4.78, 5) is 8.95. The molecule has 0 atom stereocenters. The van der Waals surface area contributed by atoms with E-state index in [2.05, 4.69) is 15.1 Å². The first-order valence-corrected chi connectivity index (χ1v) is 7.68. The summed E-state index contributed by atoms with van der Waals surface area (Å²) in [5.41, 5.74) is 3.59. The Kier molecular flexibility index (Phi) is 4.13. The van der Waals surface area contributed by atoms with Crippen molar-refractivity contribution in [3.05, 3.63) is 52.6 Å². The van der Waals surface area contributed by atoms with Gasteiger partial charge in [-0.15, -0.1) is 0 Å². The fourth-order valence-electron chi connectivity index (χ4n) is 2.37. The Morgan fingerprint density at radius 3 is 2.87 bits per heavy atom. The average Bonchev–Trinajstić information content (AvgIpc) is 2.87. The summed E-state index contributed by atoms with van der Waals surface area (Å²) in [6.45, 7) is 5.85. The number of hydrogen-bond donors (Lipinski definition) is 0. The lowest BCUT2D eigenvalue weighted by Crippen LogP contribution is -1.98. The van der Waals surface area contributed by atoms with Crippen LogP contribution in [-0.4, -0.2) is 26.9 Å². The summed E-state index contributed by atoms with van der Waals surface area (Å²) in [5.74, 6) is -0.468. The molecule has 0 saturated carbocycles. The van der Waals surface area contributed by atoms with Crippen molar-refractivity contribution < 1.29 is 4.39 Å². The van der Waals surface area contributed by atoms with Gasteiger partial charge in [-0.25, -0.2) is 13.9 Å². The summed E-state index contributed by atoms with van der Waals surface area (Å²) in [6.07, 6.45) is 3.38. The van der Waals surface area contributed by atoms with Crippen LogP contribution in [0, 0.1) is 12.7 Å². The Hall–Kier alpha value is -2.27. The number of halogens is 2. The Balaban J connectivity index is 2.31. The molecule has 0 bridgehead atoms. The van der Waals surface area contributed by atoms with Gasteiger partial charge in [0.1, 0.15) is 17.2 Å². The Morgan fingerprint density at radius 1 is 1.35 bits per heavy atom. The van der Waals surface area contributed by atoms with Gasteiger partial charge in [-0.05, 0) is 50.6 Å². The number of fused-ring (bicyclic) bond motifs is 1. The molecular formula is C17H16ClFN4. The van der Waals surface area contributed by atoms with Crippen LogP contribution in [0.25, 0.3) is 16.9 Å². The number of aliphatic imine (C=N–C) groups is 1. The lowest BCUT2D eigenvalue weighted by atomic mass is 10.0. The van der Waals surface area contributed by atoms with Crippen LogP contribution in [0.3, 0.4) is 0 Å². The molecule has 23 heavy (non-hydrogen) atoms. The summed E-state index contributed by atoms with van der Waals surface area (Å²) >= 11 is 5.87. The molecule has 0 saturated heterocycles. The first-order chi connectivity index (χ1) is 11.0. The Labute approximate surface area is 138 Å². The van der Waals surface area contributed by atoms with E-state index in [1.807, 2.05) is 32.9 Å². The molecule has 0 unspecified atom stereocenters. The standard InChI is InChI=1S/C17H16ClFN4/c1-10(2)20-9-15-17(23-16(22-15)5-4-6-21-23)12-8-14(19)13(18)7-11(12)3/h4-10H,1-3H3. The number of rotatable bonds is 3. The Morgan fingerprint density at radius 2 is 2.13 bits per heavy atom. The number of nitrogens with zero attached hydrogens (tertiary/aromatic N) is 4. The van der Waals surface area contributed by atoms with Crippen LogP contribution in [0.1, 0.15) is 25.1 Å². The van der Waals surface area contributed by atoms with Gasteiger partial charge in [0.05, 0.1) is 5.02 Å². The van der Waals surface area contributed by atoms with Gasteiger partial charge in [0.25, 0.3) is 0 Å². The van der Waals surface area contributed by atoms with E-state index in [9.17, 15) is 4.39 Å². The van der Waals surface area contributed by atoms with Crippen molar-refractivity contribution in [3.8, 4) is 11.3 Å². The summed E-state index contributed by atoms with van der Waals surface area (Å²) < 4.78 is 15.7. The lowest BCUT2D eigenvalue weighted by molar-refractivity contribution is 0.628. The van der Waals surface area contributed by atoms with E-state index in [0.717, 1.165) is 5.56 Å². The second-order valence-electron chi connectivity index (χ2n) is 5.59. The third-order valence-corrected chi connectivity index (χ3v) is 3.73. The number of hydrogen-bond acceptors (Lipinski definition) is 3. The van der Waals surface area contributed by atoms with Gasteiger partial charge in [-0.2, -0.15) is 5.10 Å². The molecule has 0 aliphatic rings. The van der Waals surface area contributed by atoms with Crippen molar-refractivity contribution in [1.29, 1.82) is 0 Å². The quantitative estimate of drug-likeness (QED) is 0.671. The lowest BCUT2D eigenvalue weighted by Gasteiger charge is -2.08. The highest BCUT2D eigenvalue weighted by Gasteiger charge is 2.17. The van der Waals surface area contributed by atoms with Crippen molar-refractivity contribution in [3.63, 3.8) is 0 Å². The second-order valence-corrected chi connectivity index (χ2v) is 6.00. The van der Waals surface area contributed by atoms with Gasteiger partial charge >= 0.3 is 0 Å². The van der Waals surface area contributed by atoms with Gasteiger partial charge in [-0.1, -0.05) is 11.6 Å². The molecule has 3 rings (SSSR count). The third-order valence-electron chi connectivity index (χ3n) is 3.44. The van der Waals surface area contributed by atoms with E-state index >= 15 is 0 Å². The zero-order chi connectivity index (χ0) is 16.6. The van der Waals surface area contributed by atoms with E-state index in [1.54, 1.807) is 23.0 Å². The fraction of sp³-hybridized carbons (Fsp3) is 0.235. The van der Waals surface area contributed by atoms with Crippen LogP contribution < -0.4 is 0 Å². The highest BCUT2D eigenvalue weighted by Crippen LogP contribution is 2.30. The second kappa shape index (κ2) is 6.08. The maximum absolute atomic E-state index is 14.0. The van der Waals surface area contributed by atoms with Crippen LogP contribution in [0.2, 0.25) is 5.02 Å². The minimum Gasteiger partial charge on any atom is -0.288 e. The van der Waals surface area contributed by atoms with Crippen molar-refractivity contribution in [2.45, 2.75) is 26.8 Å². The predicted octanol–water partition coefficient (Wildman–Crippen LogP) is 4.32. The molecule has 2 heterocycles. The van der Waals surface area contributed by atoms with E-state index in [1.165, 1.54) is 6.07 Å². The van der Waals surface area contributed by atoms with E-state index in [-0.39, 0.29) is 11.1 Å². The van der Waals surface area contributed by atoms with Crippen LogP contribution >= 0.6 is 11.6 Å². The molecule has 3 aromatic rings. The van der Waals surface area contributed by atoms with E-state index in [0.29, 0.717) is 22.6 Å². The number of aryl methyl sites for hydroxylation is 1. The fourth-order valence-corrected chi connectivity index (χ4v) is 2.59. The summed E-state index contributed by atoms with van der Waals surface area (Å²) in [7, 11) is 0. The first-order valence-electron chi connectivity index (χ1n) is 7.30. The highest BCUT2D eigenvalue weighted by atomic mass is 35.5. The topological polar surface area (TPSA) is 42.5 Å². The van der Waals surface area contributed by atoms with Gasteiger partial charge < -0.3 is 0 Å². The molecule has 2 aromatic heterocycles. The zero-order valence-electron chi connectivity index (χ0n) is 13.1. The first kappa shape index (κ1) is 15.6. The summed E-state index contributed by atoms with van der Waals surface area (Å²) in [5, 5.41) is 4.44. The molecule has 0 aliphatic carbocycles. The molecule has 1 aromatic carbocycles. The smallest absolute Gasteiger partial charge is 0.154 e. The third kappa shape index (κ3) is 2.97. The number of imidazole rings is 1. The summed E-state index contributed by atoms with van der Waals surface area (Å²) in [6, 6.07) is 6.83. The molecule has 6 heteroatoms.